The molecule has 33 heavy (non-hydrogen) atoms. The number of rotatable bonds is 4. The number of hydrogen-bond donors (Lipinski definition) is 1. The first kappa shape index (κ1) is 21.4. The summed E-state index contributed by atoms with van der Waals surface area (Å²) in [6.45, 7) is 4.06. The fourth-order valence-electron chi connectivity index (χ4n) is 4.54. The molecular formula is C24H24N4O4S. The van der Waals surface area contributed by atoms with Crippen molar-refractivity contribution in [1.29, 1.82) is 0 Å². The summed E-state index contributed by atoms with van der Waals surface area (Å²) in [5, 5.41) is 7.23. The van der Waals surface area contributed by atoms with Crippen LogP contribution in [0.3, 0.4) is 0 Å². The van der Waals surface area contributed by atoms with E-state index in [4.69, 9.17) is 0 Å². The second kappa shape index (κ2) is 7.84. The zero-order chi connectivity index (χ0) is 23.3. The van der Waals surface area contributed by atoms with Gasteiger partial charge in [-0.3, -0.25) is 13.9 Å². The Kier molecular flexibility index (Phi) is 5.08. The van der Waals surface area contributed by atoms with Gasteiger partial charge in [-0.05, 0) is 48.6 Å². The van der Waals surface area contributed by atoms with Gasteiger partial charge in [0.1, 0.15) is 5.82 Å². The second-order valence-corrected chi connectivity index (χ2v) is 10.1. The third kappa shape index (κ3) is 3.43. The molecule has 1 amide bonds. The van der Waals surface area contributed by atoms with Gasteiger partial charge in [-0.2, -0.15) is 9.78 Å². The molecule has 0 bridgehead atoms. The molecule has 0 radical (unpaired) electrons. The van der Waals surface area contributed by atoms with E-state index in [9.17, 15) is 18.0 Å². The summed E-state index contributed by atoms with van der Waals surface area (Å²) in [6.07, 6.45) is 1.35. The van der Waals surface area contributed by atoms with Gasteiger partial charge in [0.25, 0.3) is 10.0 Å². The lowest BCUT2D eigenvalue weighted by Gasteiger charge is -2.21. The Morgan fingerprint density at radius 1 is 1.06 bits per heavy atom. The molecule has 1 N–H and O–H groups in total. The lowest BCUT2D eigenvalue weighted by molar-refractivity contribution is -0.116. The van der Waals surface area contributed by atoms with E-state index in [-0.39, 0.29) is 29.6 Å². The Balaban J connectivity index is 1.66. The second-order valence-electron chi connectivity index (χ2n) is 8.31. The molecule has 0 aliphatic carbocycles. The van der Waals surface area contributed by atoms with Gasteiger partial charge in [0, 0.05) is 24.9 Å². The van der Waals surface area contributed by atoms with Crippen LogP contribution in [0.15, 0.2) is 47.4 Å². The van der Waals surface area contributed by atoms with E-state index in [1.54, 1.807) is 19.1 Å². The maximum Gasteiger partial charge on any atom is 0.264 e. The van der Waals surface area contributed by atoms with Crippen LogP contribution >= 0.6 is 0 Å². The first-order chi connectivity index (χ1) is 15.8. The summed E-state index contributed by atoms with van der Waals surface area (Å²) in [4.78, 5) is 25.0. The van der Waals surface area contributed by atoms with E-state index in [0.717, 1.165) is 5.56 Å². The number of carbonyl (C=O) groups excluding carboxylic acids is 2. The Labute approximate surface area is 192 Å². The topological polar surface area (TPSA) is 101 Å². The predicted molar refractivity (Wildman–Crippen MR) is 125 cm³/mol. The molecule has 5 rings (SSSR count). The van der Waals surface area contributed by atoms with Crippen molar-refractivity contribution in [2.75, 3.05) is 16.2 Å². The van der Waals surface area contributed by atoms with Crippen LogP contribution in [0.25, 0.3) is 11.1 Å². The molecule has 8 nitrogen and oxygen atoms in total. The molecule has 3 aromatic rings. The quantitative estimate of drug-likeness (QED) is 0.636. The van der Waals surface area contributed by atoms with Gasteiger partial charge >= 0.3 is 0 Å². The molecule has 2 aromatic carbocycles. The summed E-state index contributed by atoms with van der Waals surface area (Å²) in [5.74, 6) is -0.226. The van der Waals surface area contributed by atoms with E-state index in [1.807, 2.05) is 37.3 Å². The molecule has 0 unspecified atom stereocenters. The molecule has 0 saturated heterocycles. The van der Waals surface area contributed by atoms with Crippen molar-refractivity contribution < 1.29 is 18.0 Å². The van der Waals surface area contributed by atoms with Gasteiger partial charge in [0.05, 0.1) is 16.3 Å². The molecule has 0 atom stereocenters. The van der Waals surface area contributed by atoms with Crippen molar-refractivity contribution in [3.8, 4) is 11.1 Å². The first-order valence-corrected chi connectivity index (χ1v) is 12.4. The van der Waals surface area contributed by atoms with Crippen LogP contribution in [-0.2, 0) is 27.7 Å². The maximum atomic E-state index is 13.7. The number of amides is 1. The zero-order valence-electron chi connectivity index (χ0n) is 18.5. The van der Waals surface area contributed by atoms with Crippen molar-refractivity contribution >= 4 is 33.3 Å². The van der Waals surface area contributed by atoms with Gasteiger partial charge in [-0.15, -0.1) is 0 Å². The normalized spacial score (nSPS) is 15.8. The standard InChI is InChI=1S/C24H24N4O4S/c1-3-18-23(24-25-21(29)10-11-22(30)28(24)26-18)17-9-8-15(2)20(14-17)33(31,32)27-13-12-16-6-4-5-7-19(16)27/h4-9,14H,3,10-13H2,1-2H3,(H,25,29). The molecule has 9 heteroatoms. The summed E-state index contributed by atoms with van der Waals surface area (Å²) in [7, 11) is -3.81. The number of aromatic nitrogens is 2. The summed E-state index contributed by atoms with van der Waals surface area (Å²) < 4.78 is 30.1. The number of para-hydroxylation sites is 1. The molecule has 2 aliphatic heterocycles. The van der Waals surface area contributed by atoms with Gasteiger partial charge in [-0.1, -0.05) is 37.3 Å². The van der Waals surface area contributed by atoms with Crippen molar-refractivity contribution in [2.24, 2.45) is 0 Å². The average molecular weight is 465 g/mol. The number of carbonyl (C=O) groups is 2. The molecule has 0 fully saturated rings. The van der Waals surface area contributed by atoms with Crippen molar-refractivity contribution in [1.82, 2.24) is 9.78 Å². The third-order valence-electron chi connectivity index (χ3n) is 6.24. The molecule has 0 spiro atoms. The molecule has 1 aromatic heterocycles. The summed E-state index contributed by atoms with van der Waals surface area (Å²) >= 11 is 0. The third-order valence-corrected chi connectivity index (χ3v) is 8.20. The number of nitrogens with zero attached hydrogens (tertiary/aromatic N) is 3. The van der Waals surface area contributed by atoms with Crippen molar-refractivity contribution in [2.45, 2.75) is 44.4 Å². The highest BCUT2D eigenvalue weighted by Gasteiger charge is 2.33. The van der Waals surface area contributed by atoms with Gasteiger partial charge in [0.15, 0.2) is 0 Å². The van der Waals surface area contributed by atoms with E-state index in [0.29, 0.717) is 53.3 Å². The number of aryl methyl sites for hydroxylation is 2. The fourth-order valence-corrected chi connectivity index (χ4v) is 6.30. The minimum absolute atomic E-state index is 0.0744. The van der Waals surface area contributed by atoms with E-state index in [1.165, 1.54) is 8.99 Å². The first-order valence-electron chi connectivity index (χ1n) is 11.0. The lowest BCUT2D eigenvalue weighted by Crippen LogP contribution is -2.29. The number of fused-ring (bicyclic) bond motifs is 2. The number of sulfonamides is 1. The zero-order valence-corrected chi connectivity index (χ0v) is 19.3. The van der Waals surface area contributed by atoms with Crippen LogP contribution in [0.1, 0.15) is 41.4 Å². The van der Waals surface area contributed by atoms with Gasteiger partial charge in [-0.25, -0.2) is 8.42 Å². The van der Waals surface area contributed by atoms with Gasteiger partial charge < -0.3 is 5.32 Å². The van der Waals surface area contributed by atoms with Crippen molar-refractivity contribution in [3.63, 3.8) is 0 Å². The Morgan fingerprint density at radius 2 is 1.85 bits per heavy atom. The minimum Gasteiger partial charge on any atom is -0.310 e. The Bertz CT molecular complexity index is 1410. The highest BCUT2D eigenvalue weighted by atomic mass is 32.2. The van der Waals surface area contributed by atoms with Crippen LogP contribution in [0.2, 0.25) is 0 Å². The number of hydrogen-bond acceptors (Lipinski definition) is 5. The monoisotopic (exact) mass is 464 g/mol. The molecule has 3 heterocycles. The van der Waals surface area contributed by atoms with Crippen molar-refractivity contribution in [3.05, 3.63) is 59.3 Å². The Hall–Kier alpha value is -3.46. The van der Waals surface area contributed by atoms with Crippen LogP contribution < -0.4 is 9.62 Å². The van der Waals surface area contributed by atoms with Crippen LogP contribution in [0, 0.1) is 6.92 Å². The van der Waals surface area contributed by atoms with Crippen LogP contribution in [0.4, 0.5) is 11.5 Å². The lowest BCUT2D eigenvalue weighted by atomic mass is 10.0. The minimum atomic E-state index is -3.81. The van der Waals surface area contributed by atoms with Crippen LogP contribution in [-0.4, -0.2) is 36.6 Å². The maximum absolute atomic E-state index is 13.7. The molecule has 0 saturated carbocycles. The number of benzene rings is 2. The van der Waals surface area contributed by atoms with E-state index >= 15 is 0 Å². The largest absolute Gasteiger partial charge is 0.310 e. The van der Waals surface area contributed by atoms with E-state index < -0.39 is 10.0 Å². The highest BCUT2D eigenvalue weighted by molar-refractivity contribution is 7.93. The molecular weight excluding hydrogens is 440 g/mol. The van der Waals surface area contributed by atoms with Crippen LogP contribution in [0.5, 0.6) is 0 Å². The molecule has 170 valence electrons. The fraction of sp³-hybridized carbons (Fsp3) is 0.292. The average Bonchev–Trinajstić information content (AvgIpc) is 3.36. The SMILES string of the molecule is CCc1nn2c(c1-c1ccc(C)c(S(=O)(=O)N3CCc4ccccc43)c1)NC(=O)CCC2=O. The summed E-state index contributed by atoms with van der Waals surface area (Å²) in [5.41, 5.74) is 4.14. The molecule has 2 aliphatic rings. The highest BCUT2D eigenvalue weighted by Crippen LogP contribution is 2.38. The Morgan fingerprint density at radius 3 is 2.64 bits per heavy atom. The predicted octanol–water partition coefficient (Wildman–Crippen LogP) is 3.54. The van der Waals surface area contributed by atoms with Gasteiger partial charge in [0.2, 0.25) is 11.8 Å². The van der Waals surface area contributed by atoms with E-state index in [2.05, 4.69) is 10.4 Å². The summed E-state index contributed by atoms with van der Waals surface area (Å²) in [6, 6.07) is 12.7. The smallest absolute Gasteiger partial charge is 0.264 e. The number of anilines is 2. The number of nitrogens with one attached hydrogen (secondary N) is 1.